The van der Waals surface area contributed by atoms with Crippen molar-refractivity contribution in [3.05, 3.63) is 72.0 Å². The molecule has 1 N–H and O–H groups in total. The normalized spacial score (nSPS) is 12.0. The number of Topliss-reactive ketones (excluding diaryl/α,β-unsaturated/α-hetero) is 1. The van der Waals surface area contributed by atoms with Crippen LogP contribution in [0.4, 0.5) is 5.69 Å². The van der Waals surface area contributed by atoms with Gasteiger partial charge in [-0.15, -0.1) is 10.2 Å². The van der Waals surface area contributed by atoms with Gasteiger partial charge in [-0.2, -0.15) is 0 Å². The van der Waals surface area contributed by atoms with Crippen LogP contribution < -0.4 is 14.8 Å². The molecule has 0 aliphatic carbocycles. The molecule has 0 radical (unpaired) electrons. The third-order valence-corrected chi connectivity index (χ3v) is 6.11. The molecule has 5 rings (SSSR count). The van der Waals surface area contributed by atoms with Crippen molar-refractivity contribution in [1.82, 2.24) is 14.8 Å². The molecule has 1 aliphatic heterocycles. The molecule has 0 saturated heterocycles. The second-order valence-electron chi connectivity index (χ2n) is 7.50. The average molecular weight is 477 g/mol. The molecule has 3 heterocycles. The molecule has 0 saturated carbocycles. The molecular weight excluding hydrogens is 456 g/mol. The molecule has 0 fully saturated rings. The molecule has 0 bridgehead atoms. The van der Waals surface area contributed by atoms with Crippen molar-refractivity contribution in [3.63, 3.8) is 0 Å². The van der Waals surface area contributed by atoms with Gasteiger partial charge in [0.15, 0.2) is 28.2 Å². The number of aromatic nitrogens is 3. The van der Waals surface area contributed by atoms with Gasteiger partial charge in [0.25, 0.3) is 0 Å². The van der Waals surface area contributed by atoms with Gasteiger partial charge in [0, 0.05) is 11.6 Å². The summed E-state index contributed by atoms with van der Waals surface area (Å²) in [6.45, 7) is 2.03. The van der Waals surface area contributed by atoms with Crippen LogP contribution in [0.1, 0.15) is 22.8 Å². The van der Waals surface area contributed by atoms with E-state index in [4.69, 9.17) is 13.9 Å². The first kappa shape index (κ1) is 21.8. The summed E-state index contributed by atoms with van der Waals surface area (Å²) < 4.78 is 18.1. The molecule has 9 nitrogen and oxygen atoms in total. The van der Waals surface area contributed by atoms with E-state index in [-0.39, 0.29) is 24.2 Å². The van der Waals surface area contributed by atoms with E-state index < -0.39 is 0 Å². The molecule has 34 heavy (non-hydrogen) atoms. The Hall–Kier alpha value is -4.05. The molecule has 10 heteroatoms. The molecule has 0 atom stereocenters. The molecule has 172 valence electrons. The summed E-state index contributed by atoms with van der Waals surface area (Å²) in [7, 11) is 0. The number of carbonyl (C=O) groups excluding carboxylic acids is 2. The molecule has 4 aromatic rings. The van der Waals surface area contributed by atoms with Crippen molar-refractivity contribution in [2.45, 2.75) is 18.6 Å². The number of carbonyl (C=O) groups is 2. The monoisotopic (exact) mass is 476 g/mol. The van der Waals surface area contributed by atoms with Gasteiger partial charge in [-0.05, 0) is 30.7 Å². The Morgan fingerprint density at radius 1 is 1.06 bits per heavy atom. The maximum absolute atomic E-state index is 12.8. The fraction of sp³-hybridized carbons (Fsp3) is 0.167. The van der Waals surface area contributed by atoms with Gasteiger partial charge in [-0.1, -0.05) is 42.1 Å². The second kappa shape index (κ2) is 9.44. The van der Waals surface area contributed by atoms with Crippen LogP contribution in [0.5, 0.6) is 11.5 Å². The Balaban J connectivity index is 1.34. The standard InChI is InChI=1S/C24H20N4O5S/c1-15(29)17-10-20-21(33-14-32-20)11-18(17)25-22(30)13-34-24-27-26-23(19-8-5-9-31-19)28(24)12-16-6-3-2-4-7-16/h2-11H,12-14H2,1H3,(H,25,30). The van der Waals surface area contributed by atoms with Crippen molar-refractivity contribution in [2.75, 3.05) is 17.9 Å². The zero-order chi connectivity index (χ0) is 23.5. The second-order valence-corrected chi connectivity index (χ2v) is 8.44. The topological polar surface area (TPSA) is 108 Å². The first-order valence-electron chi connectivity index (χ1n) is 10.5. The Kier molecular flexibility index (Phi) is 6.05. The first-order valence-corrected chi connectivity index (χ1v) is 11.5. The molecule has 0 spiro atoms. The highest BCUT2D eigenvalue weighted by Crippen LogP contribution is 2.37. The Labute approximate surface area is 199 Å². The molecule has 2 aromatic carbocycles. The van der Waals surface area contributed by atoms with Crippen LogP contribution in [-0.4, -0.2) is 39.0 Å². The predicted octanol–water partition coefficient (Wildman–Crippen LogP) is 4.25. The number of hydrogen-bond acceptors (Lipinski definition) is 8. The predicted molar refractivity (Wildman–Crippen MR) is 125 cm³/mol. The number of furan rings is 1. The Morgan fingerprint density at radius 3 is 2.59 bits per heavy atom. The minimum atomic E-state index is -0.292. The van der Waals surface area contributed by atoms with Crippen LogP contribution in [0.25, 0.3) is 11.6 Å². The summed E-state index contributed by atoms with van der Waals surface area (Å²) in [6.07, 6.45) is 1.58. The number of benzene rings is 2. The Morgan fingerprint density at radius 2 is 1.85 bits per heavy atom. The van der Waals surface area contributed by atoms with E-state index in [0.717, 1.165) is 5.56 Å². The fourth-order valence-electron chi connectivity index (χ4n) is 3.55. The number of ketones is 1. The lowest BCUT2D eigenvalue weighted by molar-refractivity contribution is -0.113. The molecular formula is C24H20N4O5S. The number of thioether (sulfide) groups is 1. The van der Waals surface area contributed by atoms with Gasteiger partial charge in [0.1, 0.15) is 0 Å². The van der Waals surface area contributed by atoms with Crippen LogP contribution in [0, 0.1) is 0 Å². The first-order chi connectivity index (χ1) is 16.6. The minimum absolute atomic E-state index is 0.0663. The van der Waals surface area contributed by atoms with Gasteiger partial charge >= 0.3 is 0 Å². The lowest BCUT2D eigenvalue weighted by atomic mass is 10.1. The number of hydrogen-bond donors (Lipinski definition) is 1. The number of rotatable bonds is 8. The van der Waals surface area contributed by atoms with Crippen LogP contribution in [0.3, 0.4) is 0 Å². The SMILES string of the molecule is CC(=O)c1cc2c(cc1NC(=O)CSc1nnc(-c3ccco3)n1Cc1ccccc1)OCO2. The van der Waals surface area contributed by atoms with Gasteiger partial charge in [-0.25, -0.2) is 0 Å². The van der Waals surface area contributed by atoms with Gasteiger partial charge in [0.2, 0.25) is 18.5 Å². The van der Waals surface area contributed by atoms with Gasteiger partial charge in [0.05, 0.1) is 24.2 Å². The molecule has 2 aromatic heterocycles. The van der Waals surface area contributed by atoms with E-state index in [0.29, 0.717) is 46.0 Å². The lowest BCUT2D eigenvalue weighted by Crippen LogP contribution is -2.17. The van der Waals surface area contributed by atoms with E-state index in [1.54, 1.807) is 24.5 Å². The minimum Gasteiger partial charge on any atom is -0.461 e. The smallest absolute Gasteiger partial charge is 0.234 e. The third kappa shape index (κ3) is 4.53. The third-order valence-electron chi connectivity index (χ3n) is 5.14. The largest absolute Gasteiger partial charge is 0.461 e. The van der Waals surface area contributed by atoms with Crippen LogP contribution >= 0.6 is 11.8 Å². The lowest BCUT2D eigenvalue weighted by Gasteiger charge is -2.11. The number of anilines is 1. The zero-order valence-electron chi connectivity index (χ0n) is 18.2. The molecule has 1 aliphatic rings. The number of nitrogens with one attached hydrogen (secondary N) is 1. The summed E-state index contributed by atoms with van der Waals surface area (Å²) in [5.41, 5.74) is 1.80. The Bertz CT molecular complexity index is 1340. The number of nitrogens with zero attached hydrogens (tertiary/aromatic N) is 3. The van der Waals surface area contributed by atoms with Crippen LogP contribution in [0.2, 0.25) is 0 Å². The highest BCUT2D eigenvalue weighted by molar-refractivity contribution is 7.99. The van der Waals surface area contributed by atoms with E-state index in [1.165, 1.54) is 18.7 Å². The van der Waals surface area contributed by atoms with Crippen LogP contribution in [-0.2, 0) is 11.3 Å². The van der Waals surface area contributed by atoms with Crippen molar-refractivity contribution in [2.24, 2.45) is 0 Å². The highest BCUT2D eigenvalue weighted by atomic mass is 32.2. The van der Waals surface area contributed by atoms with E-state index in [9.17, 15) is 9.59 Å². The van der Waals surface area contributed by atoms with Crippen molar-refractivity contribution in [1.29, 1.82) is 0 Å². The average Bonchev–Trinajstić information content (AvgIpc) is 3.59. The molecule has 1 amide bonds. The summed E-state index contributed by atoms with van der Waals surface area (Å²) in [6, 6.07) is 16.7. The van der Waals surface area contributed by atoms with Crippen LogP contribution in [0.15, 0.2) is 70.4 Å². The summed E-state index contributed by atoms with van der Waals surface area (Å²) in [4.78, 5) is 24.9. The quantitative estimate of drug-likeness (QED) is 0.297. The van der Waals surface area contributed by atoms with Crippen molar-refractivity contribution >= 4 is 29.1 Å². The zero-order valence-corrected chi connectivity index (χ0v) is 19.0. The summed E-state index contributed by atoms with van der Waals surface area (Å²) in [5.74, 6) is 1.72. The number of fused-ring (bicyclic) bond motifs is 1. The highest BCUT2D eigenvalue weighted by Gasteiger charge is 2.22. The van der Waals surface area contributed by atoms with Crippen molar-refractivity contribution < 1.29 is 23.5 Å². The van der Waals surface area contributed by atoms with E-state index in [2.05, 4.69) is 15.5 Å². The number of ether oxygens (including phenoxy) is 2. The fourth-order valence-corrected chi connectivity index (χ4v) is 4.28. The van der Waals surface area contributed by atoms with Crippen molar-refractivity contribution in [3.8, 4) is 23.1 Å². The van der Waals surface area contributed by atoms with E-state index >= 15 is 0 Å². The van der Waals surface area contributed by atoms with Gasteiger partial charge in [-0.3, -0.25) is 14.2 Å². The van der Waals surface area contributed by atoms with E-state index in [1.807, 2.05) is 41.0 Å². The summed E-state index contributed by atoms with van der Waals surface area (Å²) in [5, 5.41) is 11.9. The maximum atomic E-state index is 12.8. The number of amides is 1. The summed E-state index contributed by atoms with van der Waals surface area (Å²) >= 11 is 1.25. The van der Waals surface area contributed by atoms with Gasteiger partial charge < -0.3 is 19.2 Å². The molecule has 0 unspecified atom stereocenters. The maximum Gasteiger partial charge on any atom is 0.234 e.